The van der Waals surface area contributed by atoms with Crippen LogP contribution in [0, 0.1) is 0 Å². The molecule has 10 heteroatoms. The van der Waals surface area contributed by atoms with E-state index in [0.29, 0.717) is 22.9 Å². The van der Waals surface area contributed by atoms with E-state index in [0.717, 1.165) is 0 Å². The predicted molar refractivity (Wildman–Crippen MR) is 86.1 cm³/mol. The Bertz CT molecular complexity index is 940. The van der Waals surface area contributed by atoms with Gasteiger partial charge in [0.05, 0.1) is 19.0 Å². The summed E-state index contributed by atoms with van der Waals surface area (Å²) in [7, 11) is 1.20. The van der Waals surface area contributed by atoms with Gasteiger partial charge < -0.3 is 9.84 Å². The van der Waals surface area contributed by atoms with Crippen LogP contribution in [0.3, 0.4) is 0 Å². The number of alkyl halides is 3. The summed E-state index contributed by atoms with van der Waals surface area (Å²) in [6.07, 6.45) is -3.50. The highest BCUT2D eigenvalue weighted by Crippen LogP contribution is 2.41. The first-order valence-corrected chi connectivity index (χ1v) is 7.79. The van der Waals surface area contributed by atoms with E-state index in [-0.39, 0.29) is 11.4 Å². The van der Waals surface area contributed by atoms with E-state index >= 15 is 0 Å². The first-order chi connectivity index (χ1) is 11.6. The molecule has 1 unspecified atom stereocenters. The first-order valence-electron chi connectivity index (χ1n) is 7.00. The monoisotopic (exact) mass is 416 g/mol. The molecule has 1 atom stereocenters. The van der Waals surface area contributed by atoms with Gasteiger partial charge in [0.15, 0.2) is 5.65 Å². The number of methoxy groups -OCH3 is 1. The molecular weight excluding hydrogens is 405 g/mol. The van der Waals surface area contributed by atoms with Gasteiger partial charge in [0.2, 0.25) is 5.60 Å². The Balaban J connectivity index is 2.27. The molecule has 0 aliphatic carbocycles. The summed E-state index contributed by atoms with van der Waals surface area (Å²) in [5.74, 6) is -0.214. The van der Waals surface area contributed by atoms with Gasteiger partial charge >= 0.3 is 6.18 Å². The number of aromatic nitrogens is 4. The average Bonchev–Trinajstić information content (AvgIpc) is 2.95. The summed E-state index contributed by atoms with van der Waals surface area (Å²) in [6.45, 7) is 0.623. The number of ether oxygens (including phenoxy) is 1. The second-order valence-corrected chi connectivity index (χ2v) is 6.20. The number of hydrogen-bond donors (Lipinski definition) is 1. The van der Waals surface area contributed by atoms with Gasteiger partial charge in [-0.25, -0.2) is 14.5 Å². The summed E-state index contributed by atoms with van der Waals surface area (Å²) >= 11 is 3.24. The lowest BCUT2D eigenvalue weighted by Crippen LogP contribution is -2.40. The molecule has 6 nitrogen and oxygen atoms in total. The molecule has 0 aliphatic heterocycles. The molecule has 0 bridgehead atoms. The minimum absolute atomic E-state index is 0.214. The maximum atomic E-state index is 13.2. The van der Waals surface area contributed by atoms with Crippen LogP contribution in [0.4, 0.5) is 13.2 Å². The van der Waals surface area contributed by atoms with Gasteiger partial charge in [0.25, 0.3) is 0 Å². The Hall–Kier alpha value is -2.20. The molecule has 0 amide bonds. The van der Waals surface area contributed by atoms with Gasteiger partial charge in [-0.3, -0.25) is 0 Å². The summed E-state index contributed by atoms with van der Waals surface area (Å²) in [5, 5.41) is 14.0. The van der Waals surface area contributed by atoms with Crippen molar-refractivity contribution in [3.8, 4) is 17.1 Å². The van der Waals surface area contributed by atoms with Gasteiger partial charge in [-0.2, -0.15) is 18.3 Å². The average molecular weight is 417 g/mol. The fraction of sp³-hybridized carbons (Fsp3) is 0.267. The highest BCUT2D eigenvalue weighted by Gasteiger charge is 2.54. The zero-order chi connectivity index (χ0) is 18.4. The van der Waals surface area contributed by atoms with E-state index in [1.165, 1.54) is 23.9 Å². The SMILES string of the molecule is COc1cc2ncc(-c3cccc(Br)n3)n2nc1C(C)(O)C(F)(F)F. The Labute approximate surface area is 148 Å². The maximum absolute atomic E-state index is 13.2. The summed E-state index contributed by atoms with van der Waals surface area (Å²) in [6, 6.07) is 6.39. The zero-order valence-electron chi connectivity index (χ0n) is 13.0. The molecule has 0 saturated heterocycles. The van der Waals surface area contributed by atoms with Crippen molar-refractivity contribution < 1.29 is 23.0 Å². The Kier molecular flexibility index (Phi) is 4.20. The van der Waals surface area contributed by atoms with Crippen molar-refractivity contribution in [3.05, 3.63) is 40.8 Å². The minimum Gasteiger partial charge on any atom is -0.495 e. The standard InChI is InChI=1S/C15H12BrF3N4O2/c1-14(24,15(17,18)19)13-10(25-2)6-12-20-7-9(23(12)22-13)8-4-3-5-11(16)21-8/h3-7,24H,1-2H3. The van der Waals surface area contributed by atoms with E-state index in [9.17, 15) is 18.3 Å². The van der Waals surface area contributed by atoms with Crippen molar-refractivity contribution in [2.45, 2.75) is 18.7 Å². The molecule has 1 N–H and O–H groups in total. The van der Waals surface area contributed by atoms with Crippen LogP contribution in [-0.2, 0) is 5.60 Å². The fourth-order valence-electron chi connectivity index (χ4n) is 2.25. The largest absolute Gasteiger partial charge is 0.495 e. The summed E-state index contributed by atoms with van der Waals surface area (Å²) in [4.78, 5) is 8.37. The second kappa shape index (κ2) is 5.95. The van der Waals surface area contributed by atoms with E-state index < -0.39 is 17.5 Å². The highest BCUT2D eigenvalue weighted by molar-refractivity contribution is 9.10. The number of aliphatic hydroxyl groups is 1. The van der Waals surface area contributed by atoms with Crippen LogP contribution in [0.15, 0.2) is 35.1 Å². The zero-order valence-corrected chi connectivity index (χ0v) is 14.6. The molecule has 132 valence electrons. The molecule has 0 aliphatic rings. The van der Waals surface area contributed by atoms with Crippen LogP contribution in [0.1, 0.15) is 12.6 Å². The summed E-state index contributed by atoms with van der Waals surface area (Å²) in [5.41, 5.74) is -2.77. The van der Waals surface area contributed by atoms with E-state index in [2.05, 4.69) is 31.0 Å². The number of hydrogen-bond acceptors (Lipinski definition) is 5. The van der Waals surface area contributed by atoms with Crippen LogP contribution in [0.2, 0.25) is 0 Å². The van der Waals surface area contributed by atoms with Crippen molar-refractivity contribution >= 4 is 21.6 Å². The van der Waals surface area contributed by atoms with Gasteiger partial charge in [0.1, 0.15) is 21.7 Å². The summed E-state index contributed by atoms with van der Waals surface area (Å²) < 4.78 is 46.5. The number of nitrogens with zero attached hydrogens (tertiary/aromatic N) is 4. The van der Waals surface area contributed by atoms with Crippen molar-refractivity contribution in [2.24, 2.45) is 0 Å². The molecule has 0 saturated carbocycles. The third-order valence-corrected chi connectivity index (χ3v) is 4.11. The molecule has 0 aromatic carbocycles. The minimum atomic E-state index is -4.93. The van der Waals surface area contributed by atoms with Gasteiger partial charge in [-0.1, -0.05) is 6.07 Å². The predicted octanol–water partition coefficient (Wildman–Crippen LogP) is 3.33. The lowest BCUT2D eigenvalue weighted by atomic mass is 10.0. The first kappa shape index (κ1) is 17.6. The molecule has 3 aromatic heterocycles. The molecule has 0 radical (unpaired) electrons. The third-order valence-electron chi connectivity index (χ3n) is 3.67. The van der Waals surface area contributed by atoms with Crippen LogP contribution in [-0.4, -0.2) is 38.0 Å². The normalized spacial score (nSPS) is 14.5. The Morgan fingerprint density at radius 2 is 2.00 bits per heavy atom. The van der Waals surface area contributed by atoms with Crippen LogP contribution < -0.4 is 4.74 Å². The van der Waals surface area contributed by atoms with Crippen molar-refractivity contribution in [1.82, 2.24) is 19.6 Å². The van der Waals surface area contributed by atoms with Gasteiger partial charge in [0, 0.05) is 6.07 Å². The number of fused-ring (bicyclic) bond motifs is 1. The Morgan fingerprint density at radius 1 is 1.28 bits per heavy atom. The van der Waals surface area contributed by atoms with Crippen LogP contribution in [0.25, 0.3) is 17.0 Å². The lowest BCUT2D eigenvalue weighted by Gasteiger charge is -2.26. The highest BCUT2D eigenvalue weighted by atomic mass is 79.9. The fourth-order valence-corrected chi connectivity index (χ4v) is 2.59. The van der Waals surface area contributed by atoms with Crippen LogP contribution in [0.5, 0.6) is 5.75 Å². The van der Waals surface area contributed by atoms with E-state index in [1.54, 1.807) is 18.2 Å². The van der Waals surface area contributed by atoms with E-state index in [4.69, 9.17) is 4.74 Å². The number of halogens is 4. The number of imidazole rings is 1. The molecular formula is C15H12BrF3N4O2. The molecule has 3 heterocycles. The maximum Gasteiger partial charge on any atom is 0.422 e. The molecule has 3 aromatic rings. The van der Waals surface area contributed by atoms with E-state index in [1.807, 2.05) is 0 Å². The Morgan fingerprint density at radius 3 is 2.60 bits per heavy atom. The van der Waals surface area contributed by atoms with Gasteiger partial charge in [-0.15, -0.1) is 0 Å². The molecule has 25 heavy (non-hydrogen) atoms. The second-order valence-electron chi connectivity index (χ2n) is 5.39. The molecule has 0 fully saturated rings. The third kappa shape index (κ3) is 2.95. The van der Waals surface area contributed by atoms with Crippen molar-refractivity contribution in [1.29, 1.82) is 0 Å². The number of pyridine rings is 1. The molecule has 3 rings (SSSR count). The smallest absolute Gasteiger partial charge is 0.422 e. The van der Waals surface area contributed by atoms with Crippen LogP contribution >= 0.6 is 15.9 Å². The topological polar surface area (TPSA) is 72.5 Å². The number of rotatable bonds is 3. The molecule has 0 spiro atoms. The van der Waals surface area contributed by atoms with Crippen molar-refractivity contribution in [3.63, 3.8) is 0 Å². The quantitative estimate of drug-likeness (QED) is 0.662. The van der Waals surface area contributed by atoms with Gasteiger partial charge in [-0.05, 0) is 35.0 Å². The van der Waals surface area contributed by atoms with Crippen molar-refractivity contribution in [2.75, 3.05) is 7.11 Å². The lowest BCUT2D eigenvalue weighted by molar-refractivity contribution is -0.261.